The first-order valence-electron chi connectivity index (χ1n) is 6.14. The molecule has 19 heavy (non-hydrogen) atoms. The van der Waals surface area contributed by atoms with Crippen LogP contribution >= 0.6 is 0 Å². The highest BCUT2D eigenvalue weighted by atomic mass is 16.6. The second-order valence-electron chi connectivity index (χ2n) is 4.20. The van der Waals surface area contributed by atoms with Gasteiger partial charge in [0.05, 0.1) is 13.1 Å². The molecule has 1 aliphatic heterocycles. The number of allylic oxidation sites excluding steroid dienone is 1. The van der Waals surface area contributed by atoms with Crippen LogP contribution in [0.25, 0.3) is 0 Å². The molecular weight excluding hydrogens is 244 g/mol. The molecule has 5 nitrogen and oxygen atoms in total. The van der Waals surface area contributed by atoms with Gasteiger partial charge in [-0.15, -0.1) is 0 Å². The number of carbonyl (C=O) groups excluding carboxylic acids is 2. The van der Waals surface area contributed by atoms with Gasteiger partial charge < -0.3 is 10.1 Å². The number of anilines is 1. The average molecular weight is 260 g/mol. The summed E-state index contributed by atoms with van der Waals surface area (Å²) in [5.41, 5.74) is 0.801. The first-order chi connectivity index (χ1) is 9.20. The molecule has 1 fully saturated rings. The highest BCUT2D eigenvalue weighted by Crippen LogP contribution is 2.20. The first-order valence-corrected chi connectivity index (χ1v) is 6.14. The normalized spacial score (nSPS) is 18.7. The van der Waals surface area contributed by atoms with Gasteiger partial charge in [-0.1, -0.05) is 24.3 Å². The molecule has 0 bridgehead atoms. The summed E-state index contributed by atoms with van der Waals surface area (Å²) in [7, 11) is 0. The van der Waals surface area contributed by atoms with E-state index in [1.165, 1.54) is 6.08 Å². The van der Waals surface area contributed by atoms with Crippen molar-refractivity contribution in [2.24, 2.45) is 0 Å². The van der Waals surface area contributed by atoms with Crippen LogP contribution in [0.4, 0.5) is 10.5 Å². The Balaban J connectivity index is 1.91. The largest absolute Gasteiger partial charge is 0.442 e. The SMILES string of the molecule is C/C=C/C(=O)NCC1CN(c2ccccc2)C(=O)O1. The van der Waals surface area contributed by atoms with Crippen molar-refractivity contribution in [2.45, 2.75) is 13.0 Å². The van der Waals surface area contributed by atoms with Gasteiger partial charge in [0.15, 0.2) is 0 Å². The summed E-state index contributed by atoms with van der Waals surface area (Å²) < 4.78 is 5.21. The number of hydrogen-bond acceptors (Lipinski definition) is 3. The maximum Gasteiger partial charge on any atom is 0.414 e. The van der Waals surface area contributed by atoms with E-state index >= 15 is 0 Å². The van der Waals surface area contributed by atoms with Crippen molar-refractivity contribution in [1.82, 2.24) is 5.32 Å². The van der Waals surface area contributed by atoms with Crippen LogP contribution in [0.2, 0.25) is 0 Å². The second-order valence-corrected chi connectivity index (χ2v) is 4.20. The first kappa shape index (κ1) is 13.1. The Morgan fingerprint density at radius 3 is 2.89 bits per heavy atom. The predicted octanol–water partition coefficient (Wildman–Crippen LogP) is 1.70. The molecule has 5 heteroatoms. The van der Waals surface area contributed by atoms with E-state index in [1.807, 2.05) is 30.3 Å². The zero-order chi connectivity index (χ0) is 13.7. The Labute approximate surface area is 111 Å². The van der Waals surface area contributed by atoms with Crippen molar-refractivity contribution < 1.29 is 14.3 Å². The van der Waals surface area contributed by atoms with Crippen LogP contribution in [-0.2, 0) is 9.53 Å². The molecule has 0 spiro atoms. The quantitative estimate of drug-likeness (QED) is 0.838. The maximum absolute atomic E-state index is 11.7. The number of benzene rings is 1. The Bertz CT molecular complexity index is 485. The highest BCUT2D eigenvalue weighted by molar-refractivity contribution is 5.90. The number of cyclic esters (lactones) is 1. The van der Waals surface area contributed by atoms with Crippen molar-refractivity contribution in [3.63, 3.8) is 0 Å². The van der Waals surface area contributed by atoms with Crippen LogP contribution in [0.1, 0.15) is 6.92 Å². The summed E-state index contributed by atoms with van der Waals surface area (Å²) in [6.45, 7) is 2.53. The van der Waals surface area contributed by atoms with Gasteiger partial charge in [-0.05, 0) is 25.1 Å². The molecule has 2 rings (SSSR count). The number of hydrogen-bond donors (Lipinski definition) is 1. The Morgan fingerprint density at radius 1 is 1.47 bits per heavy atom. The molecule has 1 atom stereocenters. The molecule has 2 amide bonds. The molecule has 1 aromatic rings. The Hall–Kier alpha value is -2.30. The fourth-order valence-corrected chi connectivity index (χ4v) is 1.87. The minimum absolute atomic E-state index is 0.184. The van der Waals surface area contributed by atoms with Crippen LogP contribution in [0.15, 0.2) is 42.5 Å². The van der Waals surface area contributed by atoms with Gasteiger partial charge in [-0.2, -0.15) is 0 Å². The number of rotatable bonds is 4. The van der Waals surface area contributed by atoms with E-state index in [0.717, 1.165) is 5.69 Å². The maximum atomic E-state index is 11.7. The summed E-state index contributed by atoms with van der Waals surface area (Å²) >= 11 is 0. The van der Waals surface area contributed by atoms with E-state index < -0.39 is 0 Å². The fourth-order valence-electron chi connectivity index (χ4n) is 1.87. The summed E-state index contributed by atoms with van der Waals surface area (Å²) in [5, 5.41) is 2.69. The molecular formula is C14H16N2O3. The van der Waals surface area contributed by atoms with Gasteiger partial charge in [-0.25, -0.2) is 4.79 Å². The van der Waals surface area contributed by atoms with Gasteiger partial charge >= 0.3 is 6.09 Å². The van der Waals surface area contributed by atoms with Crippen LogP contribution in [0.3, 0.4) is 0 Å². The lowest BCUT2D eigenvalue weighted by Crippen LogP contribution is -2.33. The molecule has 0 saturated carbocycles. The van der Waals surface area contributed by atoms with Crippen molar-refractivity contribution in [1.29, 1.82) is 0 Å². The second kappa shape index (κ2) is 6.04. The highest BCUT2D eigenvalue weighted by Gasteiger charge is 2.32. The summed E-state index contributed by atoms with van der Waals surface area (Å²) in [6.07, 6.45) is 2.40. The molecule has 1 aliphatic rings. The lowest BCUT2D eigenvalue weighted by Gasteiger charge is -2.12. The van der Waals surface area contributed by atoms with E-state index in [-0.39, 0.29) is 18.1 Å². The summed E-state index contributed by atoms with van der Waals surface area (Å²) in [4.78, 5) is 24.6. The molecule has 1 unspecified atom stereocenters. The number of amides is 2. The average Bonchev–Trinajstić information content (AvgIpc) is 2.79. The van der Waals surface area contributed by atoms with E-state index in [9.17, 15) is 9.59 Å². The van der Waals surface area contributed by atoms with E-state index in [4.69, 9.17) is 4.74 Å². The number of carbonyl (C=O) groups is 2. The fraction of sp³-hybridized carbons (Fsp3) is 0.286. The van der Waals surface area contributed by atoms with Gasteiger partial charge in [0.25, 0.3) is 0 Å². The molecule has 0 aliphatic carbocycles. The zero-order valence-corrected chi connectivity index (χ0v) is 10.7. The molecule has 0 radical (unpaired) electrons. The van der Waals surface area contributed by atoms with Crippen LogP contribution in [-0.4, -0.2) is 31.2 Å². The number of nitrogens with one attached hydrogen (secondary N) is 1. The number of para-hydroxylation sites is 1. The third-order valence-corrected chi connectivity index (χ3v) is 2.76. The molecule has 0 aromatic heterocycles. The monoisotopic (exact) mass is 260 g/mol. The molecule has 1 aromatic carbocycles. The third kappa shape index (κ3) is 3.34. The van der Waals surface area contributed by atoms with Crippen molar-refractivity contribution >= 4 is 17.7 Å². The summed E-state index contributed by atoms with van der Waals surface area (Å²) in [5.74, 6) is -0.184. The van der Waals surface area contributed by atoms with Gasteiger partial charge in [0.2, 0.25) is 5.91 Å². The number of nitrogens with zero attached hydrogens (tertiary/aromatic N) is 1. The van der Waals surface area contributed by atoms with E-state index in [0.29, 0.717) is 13.1 Å². The van der Waals surface area contributed by atoms with E-state index in [1.54, 1.807) is 17.9 Å². The topological polar surface area (TPSA) is 58.6 Å². The Kier molecular flexibility index (Phi) is 4.18. The molecule has 1 heterocycles. The smallest absolute Gasteiger partial charge is 0.414 e. The van der Waals surface area contributed by atoms with E-state index in [2.05, 4.69) is 5.32 Å². The predicted molar refractivity (Wildman–Crippen MR) is 71.9 cm³/mol. The Morgan fingerprint density at radius 2 is 2.21 bits per heavy atom. The standard InChI is InChI=1S/C14H16N2O3/c1-2-6-13(17)15-9-12-10-16(14(18)19-12)11-7-4-3-5-8-11/h2-8,12H,9-10H2,1H3,(H,15,17)/b6-2+. The van der Waals surface area contributed by atoms with Crippen LogP contribution in [0.5, 0.6) is 0 Å². The molecule has 1 N–H and O–H groups in total. The number of ether oxygens (including phenoxy) is 1. The minimum Gasteiger partial charge on any atom is -0.442 e. The summed E-state index contributed by atoms with van der Waals surface area (Å²) in [6, 6.07) is 9.32. The van der Waals surface area contributed by atoms with Crippen LogP contribution in [0, 0.1) is 0 Å². The van der Waals surface area contributed by atoms with Crippen LogP contribution < -0.4 is 10.2 Å². The lowest BCUT2D eigenvalue weighted by atomic mass is 10.2. The third-order valence-electron chi connectivity index (χ3n) is 2.76. The lowest BCUT2D eigenvalue weighted by molar-refractivity contribution is -0.116. The van der Waals surface area contributed by atoms with Gasteiger partial charge in [0.1, 0.15) is 6.10 Å². The zero-order valence-electron chi connectivity index (χ0n) is 10.7. The minimum atomic E-state index is -0.378. The van der Waals surface area contributed by atoms with Crippen molar-refractivity contribution in [3.8, 4) is 0 Å². The van der Waals surface area contributed by atoms with Crippen molar-refractivity contribution in [3.05, 3.63) is 42.5 Å². The van der Waals surface area contributed by atoms with Gasteiger partial charge in [0, 0.05) is 5.69 Å². The molecule has 100 valence electrons. The van der Waals surface area contributed by atoms with Crippen molar-refractivity contribution in [2.75, 3.05) is 18.0 Å². The van der Waals surface area contributed by atoms with Gasteiger partial charge in [-0.3, -0.25) is 9.69 Å². The molecule has 1 saturated heterocycles.